The molecule has 1 N–H and O–H groups in total. The number of aliphatic imine (C=N–C) groups is 1. The van der Waals surface area contributed by atoms with Crippen LogP contribution in [-0.4, -0.2) is 5.84 Å². The first-order valence-electron chi connectivity index (χ1n) is 6.28. The lowest BCUT2D eigenvalue weighted by Crippen LogP contribution is -2.17. The molecular weight excluding hydrogens is 196 g/mol. The first-order chi connectivity index (χ1) is 7.90. The van der Waals surface area contributed by atoms with Gasteiger partial charge in [0.05, 0.1) is 6.54 Å². The fourth-order valence-electron chi connectivity index (χ4n) is 2.02. The summed E-state index contributed by atoms with van der Waals surface area (Å²) in [5.74, 6) is 1.16. The first kappa shape index (κ1) is 11.2. The van der Waals surface area contributed by atoms with Gasteiger partial charge in [0.25, 0.3) is 0 Å². The van der Waals surface area contributed by atoms with Crippen LogP contribution < -0.4 is 5.32 Å². The van der Waals surface area contributed by atoms with Crippen molar-refractivity contribution in [1.82, 2.24) is 0 Å². The summed E-state index contributed by atoms with van der Waals surface area (Å²) >= 11 is 0. The molecule has 1 heterocycles. The predicted molar refractivity (Wildman–Crippen MR) is 70.0 cm³/mol. The van der Waals surface area contributed by atoms with Crippen molar-refractivity contribution in [2.45, 2.75) is 45.6 Å². The van der Waals surface area contributed by atoms with Crippen LogP contribution in [0.3, 0.4) is 0 Å². The number of fused-ring (bicyclic) bond motifs is 1. The molecule has 1 aliphatic rings. The highest BCUT2D eigenvalue weighted by atomic mass is 15.0. The van der Waals surface area contributed by atoms with Crippen molar-refractivity contribution in [1.29, 1.82) is 0 Å². The quantitative estimate of drug-likeness (QED) is 0.740. The number of nitrogens with one attached hydrogen (secondary N) is 1. The summed E-state index contributed by atoms with van der Waals surface area (Å²) in [4.78, 5) is 4.57. The number of nitrogens with zero attached hydrogens (tertiary/aromatic N) is 1. The lowest BCUT2D eigenvalue weighted by Gasteiger charge is -2.18. The fourth-order valence-corrected chi connectivity index (χ4v) is 2.02. The van der Waals surface area contributed by atoms with Crippen LogP contribution in [0.4, 0.5) is 5.69 Å². The normalized spacial score (nSPS) is 13.9. The summed E-state index contributed by atoms with van der Waals surface area (Å²) in [7, 11) is 0. The molecule has 1 aromatic carbocycles. The molecule has 16 heavy (non-hydrogen) atoms. The van der Waals surface area contributed by atoms with Gasteiger partial charge in [0.1, 0.15) is 5.84 Å². The van der Waals surface area contributed by atoms with Gasteiger partial charge in [0.2, 0.25) is 0 Å². The van der Waals surface area contributed by atoms with E-state index in [9.17, 15) is 0 Å². The lowest BCUT2D eigenvalue weighted by atomic mass is 10.1. The van der Waals surface area contributed by atoms with E-state index < -0.39 is 0 Å². The summed E-state index contributed by atoms with van der Waals surface area (Å²) in [5, 5.41) is 3.42. The molecule has 86 valence electrons. The van der Waals surface area contributed by atoms with Crippen molar-refractivity contribution in [2.75, 3.05) is 5.32 Å². The molecule has 0 aliphatic carbocycles. The van der Waals surface area contributed by atoms with Crippen LogP contribution in [0.5, 0.6) is 0 Å². The molecule has 2 rings (SSSR count). The van der Waals surface area contributed by atoms with Crippen LogP contribution in [0.25, 0.3) is 0 Å². The molecule has 2 nitrogen and oxygen atoms in total. The molecule has 0 bridgehead atoms. The zero-order valence-electron chi connectivity index (χ0n) is 10.00. The van der Waals surface area contributed by atoms with Gasteiger partial charge >= 0.3 is 0 Å². The largest absolute Gasteiger partial charge is 0.344 e. The Morgan fingerprint density at radius 1 is 1.19 bits per heavy atom. The predicted octanol–water partition coefficient (Wildman–Crippen LogP) is 3.98. The van der Waals surface area contributed by atoms with Crippen molar-refractivity contribution >= 4 is 11.5 Å². The highest BCUT2D eigenvalue weighted by molar-refractivity contribution is 5.97. The number of para-hydroxylation sites is 1. The number of unbranched alkanes of at least 4 members (excludes halogenated alkanes) is 3. The molecule has 1 aromatic rings. The zero-order valence-corrected chi connectivity index (χ0v) is 10.00. The molecule has 0 unspecified atom stereocenters. The van der Waals surface area contributed by atoms with Crippen LogP contribution in [0.2, 0.25) is 0 Å². The van der Waals surface area contributed by atoms with E-state index in [-0.39, 0.29) is 0 Å². The van der Waals surface area contributed by atoms with Crippen LogP contribution in [-0.2, 0) is 6.54 Å². The first-order valence-corrected chi connectivity index (χ1v) is 6.28. The van der Waals surface area contributed by atoms with E-state index in [0.717, 1.165) is 18.8 Å². The minimum atomic E-state index is 0.840. The zero-order chi connectivity index (χ0) is 11.2. The van der Waals surface area contributed by atoms with Crippen molar-refractivity contribution < 1.29 is 0 Å². The molecule has 0 spiro atoms. The maximum atomic E-state index is 4.57. The number of rotatable bonds is 5. The van der Waals surface area contributed by atoms with E-state index >= 15 is 0 Å². The number of anilines is 1. The number of benzene rings is 1. The van der Waals surface area contributed by atoms with Crippen molar-refractivity contribution in [2.24, 2.45) is 4.99 Å². The molecule has 0 atom stereocenters. The highest BCUT2D eigenvalue weighted by Gasteiger charge is 2.09. The maximum absolute atomic E-state index is 4.57. The summed E-state index contributed by atoms with van der Waals surface area (Å²) < 4.78 is 0. The minimum Gasteiger partial charge on any atom is -0.344 e. The van der Waals surface area contributed by atoms with E-state index in [1.54, 1.807) is 0 Å². The van der Waals surface area contributed by atoms with Crippen LogP contribution in [0.1, 0.15) is 44.6 Å². The third kappa shape index (κ3) is 2.84. The Balaban J connectivity index is 1.84. The average Bonchev–Trinajstić information content (AvgIpc) is 2.34. The van der Waals surface area contributed by atoms with E-state index in [2.05, 4.69) is 41.5 Å². The summed E-state index contributed by atoms with van der Waals surface area (Å²) in [6.07, 6.45) is 6.29. The standard InChI is InChI=1S/C14H20N2/c1-2-3-4-5-10-14-15-11-12-8-6-7-9-13(12)16-14/h6-9H,2-5,10-11H2,1H3,(H,15,16). The van der Waals surface area contributed by atoms with Crippen molar-refractivity contribution in [3.8, 4) is 0 Å². The second-order valence-corrected chi connectivity index (χ2v) is 4.36. The number of hydrogen-bond donors (Lipinski definition) is 1. The van der Waals surface area contributed by atoms with E-state index in [4.69, 9.17) is 0 Å². The topological polar surface area (TPSA) is 24.4 Å². The Hall–Kier alpha value is -1.31. The van der Waals surface area contributed by atoms with Crippen LogP contribution in [0.15, 0.2) is 29.3 Å². The van der Waals surface area contributed by atoms with Gasteiger partial charge in [-0.15, -0.1) is 0 Å². The number of hydrogen-bond acceptors (Lipinski definition) is 2. The fraction of sp³-hybridized carbons (Fsp3) is 0.500. The van der Waals surface area contributed by atoms with Crippen molar-refractivity contribution in [3.05, 3.63) is 29.8 Å². The summed E-state index contributed by atoms with van der Waals surface area (Å²) in [5.41, 5.74) is 2.54. The van der Waals surface area contributed by atoms with E-state index in [1.165, 1.54) is 36.9 Å². The Morgan fingerprint density at radius 2 is 2.06 bits per heavy atom. The molecule has 0 amide bonds. The second kappa shape index (κ2) is 5.69. The molecule has 2 heteroatoms. The molecule has 1 aliphatic heterocycles. The molecule has 0 saturated heterocycles. The Morgan fingerprint density at radius 3 is 2.94 bits per heavy atom. The highest BCUT2D eigenvalue weighted by Crippen LogP contribution is 2.21. The van der Waals surface area contributed by atoms with Gasteiger partial charge in [-0.3, -0.25) is 4.99 Å². The average molecular weight is 216 g/mol. The molecule has 0 radical (unpaired) electrons. The van der Waals surface area contributed by atoms with Crippen LogP contribution >= 0.6 is 0 Å². The Labute approximate surface area is 97.8 Å². The Bertz CT molecular complexity index is 369. The third-order valence-corrected chi connectivity index (χ3v) is 3.00. The van der Waals surface area contributed by atoms with Crippen LogP contribution in [0, 0.1) is 0 Å². The van der Waals surface area contributed by atoms with Gasteiger partial charge in [0, 0.05) is 12.1 Å². The van der Waals surface area contributed by atoms with Gasteiger partial charge in [0.15, 0.2) is 0 Å². The van der Waals surface area contributed by atoms with E-state index in [1.807, 2.05) is 0 Å². The minimum absolute atomic E-state index is 0.840. The maximum Gasteiger partial charge on any atom is 0.101 e. The van der Waals surface area contributed by atoms with E-state index in [0.29, 0.717) is 0 Å². The monoisotopic (exact) mass is 216 g/mol. The summed E-state index contributed by atoms with van der Waals surface area (Å²) in [6.45, 7) is 3.08. The Kier molecular flexibility index (Phi) is 3.97. The summed E-state index contributed by atoms with van der Waals surface area (Å²) in [6, 6.07) is 8.42. The number of amidine groups is 1. The van der Waals surface area contributed by atoms with Gasteiger partial charge in [-0.05, 0) is 18.1 Å². The second-order valence-electron chi connectivity index (χ2n) is 4.36. The molecule has 0 aromatic heterocycles. The van der Waals surface area contributed by atoms with Crippen molar-refractivity contribution in [3.63, 3.8) is 0 Å². The lowest BCUT2D eigenvalue weighted by molar-refractivity contribution is 0.681. The molecular formula is C14H20N2. The molecule has 0 saturated carbocycles. The smallest absolute Gasteiger partial charge is 0.101 e. The SMILES string of the molecule is CCCCCCC1=NCc2ccccc2N1. The van der Waals surface area contributed by atoms with Gasteiger partial charge < -0.3 is 5.32 Å². The molecule has 0 fully saturated rings. The van der Waals surface area contributed by atoms with Gasteiger partial charge in [-0.2, -0.15) is 0 Å². The van der Waals surface area contributed by atoms with Gasteiger partial charge in [-0.25, -0.2) is 0 Å². The third-order valence-electron chi connectivity index (χ3n) is 3.00. The van der Waals surface area contributed by atoms with Gasteiger partial charge in [-0.1, -0.05) is 44.4 Å².